The van der Waals surface area contributed by atoms with E-state index in [4.69, 9.17) is 15.6 Å². The Morgan fingerprint density at radius 2 is 2.42 bits per heavy atom. The van der Waals surface area contributed by atoms with Crippen LogP contribution in [0.1, 0.15) is 36.0 Å². The molecule has 0 aromatic carbocycles. The summed E-state index contributed by atoms with van der Waals surface area (Å²) in [4.78, 5) is 15.0. The van der Waals surface area contributed by atoms with Gasteiger partial charge in [0.1, 0.15) is 5.82 Å². The molecule has 1 aliphatic rings. The van der Waals surface area contributed by atoms with Crippen molar-refractivity contribution < 1.29 is 14.6 Å². The lowest BCUT2D eigenvalue weighted by atomic mass is 10.1. The number of aromatic nitrogens is 1. The Hall–Kier alpha value is -1.82. The highest BCUT2D eigenvalue weighted by Gasteiger charge is 2.15. The molecular weight excluding hydrogens is 246 g/mol. The lowest BCUT2D eigenvalue weighted by molar-refractivity contribution is 0.0134. The summed E-state index contributed by atoms with van der Waals surface area (Å²) in [5.74, 6) is -0.802. The highest BCUT2D eigenvalue weighted by atomic mass is 16.5. The maximum absolute atomic E-state index is 11.1. The average Bonchev–Trinajstić information content (AvgIpc) is 2.41. The zero-order chi connectivity index (χ0) is 13.7. The van der Waals surface area contributed by atoms with Gasteiger partial charge in [0, 0.05) is 13.2 Å². The number of anilines is 2. The summed E-state index contributed by atoms with van der Waals surface area (Å²) in [5, 5.41) is 12.2. The molecule has 1 saturated heterocycles. The molecule has 1 fully saturated rings. The third-order valence-electron chi connectivity index (χ3n) is 3.21. The van der Waals surface area contributed by atoms with Crippen molar-refractivity contribution in [1.29, 1.82) is 0 Å². The van der Waals surface area contributed by atoms with Crippen molar-refractivity contribution in [3.05, 3.63) is 17.8 Å². The molecule has 0 saturated carbocycles. The number of carboxylic acids is 1. The van der Waals surface area contributed by atoms with E-state index in [9.17, 15) is 4.79 Å². The monoisotopic (exact) mass is 265 g/mol. The second kappa shape index (κ2) is 6.38. The van der Waals surface area contributed by atoms with Gasteiger partial charge in [-0.25, -0.2) is 9.78 Å². The second-order valence-electron chi connectivity index (χ2n) is 4.66. The molecule has 1 aliphatic heterocycles. The molecule has 6 nitrogen and oxygen atoms in total. The molecule has 6 heteroatoms. The van der Waals surface area contributed by atoms with Crippen LogP contribution in [-0.2, 0) is 4.74 Å². The van der Waals surface area contributed by atoms with Crippen molar-refractivity contribution >= 4 is 17.5 Å². The molecule has 1 atom stereocenters. The maximum Gasteiger partial charge on any atom is 0.337 e. The maximum atomic E-state index is 11.1. The molecule has 1 unspecified atom stereocenters. The van der Waals surface area contributed by atoms with E-state index in [0.29, 0.717) is 12.2 Å². The fourth-order valence-electron chi connectivity index (χ4n) is 2.19. The third-order valence-corrected chi connectivity index (χ3v) is 3.21. The SMILES string of the molecule is Nc1cc(C(=O)O)c(NCCC2CCCCO2)cn1. The van der Waals surface area contributed by atoms with E-state index in [1.54, 1.807) is 0 Å². The minimum atomic E-state index is -1.01. The van der Waals surface area contributed by atoms with Gasteiger partial charge in [0.05, 0.1) is 23.6 Å². The molecule has 0 spiro atoms. The molecule has 2 rings (SSSR count). The predicted octanol–water partition coefficient (Wildman–Crippen LogP) is 1.73. The highest BCUT2D eigenvalue weighted by Crippen LogP contribution is 2.18. The van der Waals surface area contributed by atoms with Crippen LogP contribution in [0.4, 0.5) is 11.5 Å². The van der Waals surface area contributed by atoms with Crippen molar-refractivity contribution in [2.24, 2.45) is 0 Å². The van der Waals surface area contributed by atoms with Gasteiger partial charge in [-0.3, -0.25) is 0 Å². The zero-order valence-electron chi connectivity index (χ0n) is 10.8. The molecular formula is C13H19N3O3. The molecule has 0 bridgehead atoms. The largest absolute Gasteiger partial charge is 0.478 e. The standard InChI is InChI=1S/C13H19N3O3/c14-12-7-10(13(17)18)11(8-16-12)15-5-4-9-3-1-2-6-19-9/h7-9,15H,1-6H2,(H2,14,16)(H,17,18). The highest BCUT2D eigenvalue weighted by molar-refractivity contribution is 5.94. The van der Waals surface area contributed by atoms with E-state index in [0.717, 1.165) is 25.9 Å². The first-order valence-corrected chi connectivity index (χ1v) is 6.51. The molecule has 1 aromatic heterocycles. The Kier molecular flexibility index (Phi) is 4.57. The number of nitrogens with zero attached hydrogens (tertiary/aromatic N) is 1. The summed E-state index contributed by atoms with van der Waals surface area (Å²) < 4.78 is 5.62. The summed E-state index contributed by atoms with van der Waals surface area (Å²) in [6, 6.07) is 1.36. The van der Waals surface area contributed by atoms with Gasteiger partial charge >= 0.3 is 5.97 Å². The van der Waals surface area contributed by atoms with Gasteiger partial charge in [-0.2, -0.15) is 0 Å². The second-order valence-corrected chi connectivity index (χ2v) is 4.66. The minimum absolute atomic E-state index is 0.150. The van der Waals surface area contributed by atoms with Gasteiger partial charge in [-0.1, -0.05) is 0 Å². The molecule has 4 N–H and O–H groups in total. The summed E-state index contributed by atoms with van der Waals surface area (Å²) >= 11 is 0. The van der Waals surface area contributed by atoms with Gasteiger partial charge in [0.15, 0.2) is 0 Å². The Labute approximate surface area is 112 Å². The third kappa shape index (κ3) is 3.82. The predicted molar refractivity (Wildman–Crippen MR) is 72.3 cm³/mol. The summed E-state index contributed by atoms with van der Waals surface area (Å²) in [6.45, 7) is 1.49. The van der Waals surface area contributed by atoms with Crippen LogP contribution in [-0.4, -0.2) is 35.3 Å². The topological polar surface area (TPSA) is 97.5 Å². The van der Waals surface area contributed by atoms with Gasteiger partial charge in [-0.05, 0) is 31.7 Å². The first-order valence-electron chi connectivity index (χ1n) is 6.51. The van der Waals surface area contributed by atoms with E-state index < -0.39 is 5.97 Å². The molecule has 0 amide bonds. The van der Waals surface area contributed by atoms with Crippen LogP contribution < -0.4 is 11.1 Å². The fourth-order valence-corrected chi connectivity index (χ4v) is 2.19. The Balaban J connectivity index is 1.89. The first-order chi connectivity index (χ1) is 9.16. The Morgan fingerprint density at radius 1 is 1.58 bits per heavy atom. The molecule has 2 heterocycles. The number of carbonyl (C=O) groups is 1. The van der Waals surface area contributed by atoms with E-state index in [1.807, 2.05) is 0 Å². The number of hydrogen-bond acceptors (Lipinski definition) is 5. The number of hydrogen-bond donors (Lipinski definition) is 3. The molecule has 1 aromatic rings. The van der Waals surface area contributed by atoms with E-state index in [2.05, 4.69) is 10.3 Å². The van der Waals surface area contributed by atoms with Gasteiger partial charge in [0.2, 0.25) is 0 Å². The van der Waals surface area contributed by atoms with Crippen LogP contribution in [0.5, 0.6) is 0 Å². The normalized spacial score (nSPS) is 19.1. The minimum Gasteiger partial charge on any atom is -0.478 e. The number of nitrogens with two attached hydrogens (primary N) is 1. The smallest absolute Gasteiger partial charge is 0.337 e. The van der Waals surface area contributed by atoms with Crippen molar-refractivity contribution in [2.75, 3.05) is 24.2 Å². The van der Waals surface area contributed by atoms with Crippen molar-refractivity contribution in [3.8, 4) is 0 Å². The Bertz CT molecular complexity index is 445. The van der Waals surface area contributed by atoms with Crippen molar-refractivity contribution in [2.45, 2.75) is 31.8 Å². The lowest BCUT2D eigenvalue weighted by Gasteiger charge is -2.22. The van der Waals surface area contributed by atoms with Crippen LogP contribution in [0.25, 0.3) is 0 Å². The van der Waals surface area contributed by atoms with Crippen molar-refractivity contribution in [1.82, 2.24) is 4.98 Å². The van der Waals surface area contributed by atoms with Crippen LogP contribution in [0, 0.1) is 0 Å². The van der Waals surface area contributed by atoms with Crippen LogP contribution in [0.2, 0.25) is 0 Å². The van der Waals surface area contributed by atoms with E-state index in [-0.39, 0.29) is 17.5 Å². The number of nitrogen functional groups attached to an aromatic ring is 1. The van der Waals surface area contributed by atoms with Crippen LogP contribution in [0.3, 0.4) is 0 Å². The molecule has 0 aliphatic carbocycles. The number of rotatable bonds is 5. The number of aromatic carboxylic acids is 1. The summed E-state index contributed by atoms with van der Waals surface area (Å²) in [6.07, 6.45) is 6.01. The van der Waals surface area contributed by atoms with Gasteiger partial charge < -0.3 is 20.9 Å². The quantitative estimate of drug-likeness (QED) is 0.750. The number of pyridine rings is 1. The summed E-state index contributed by atoms with van der Waals surface area (Å²) in [7, 11) is 0. The molecule has 0 radical (unpaired) electrons. The zero-order valence-corrected chi connectivity index (χ0v) is 10.8. The number of ether oxygens (including phenoxy) is 1. The first kappa shape index (κ1) is 13.6. The average molecular weight is 265 g/mol. The molecule has 104 valence electrons. The van der Waals surface area contributed by atoms with E-state index in [1.165, 1.54) is 18.7 Å². The molecule has 19 heavy (non-hydrogen) atoms. The number of nitrogens with one attached hydrogen (secondary N) is 1. The van der Waals surface area contributed by atoms with E-state index >= 15 is 0 Å². The fraction of sp³-hybridized carbons (Fsp3) is 0.538. The van der Waals surface area contributed by atoms with Crippen molar-refractivity contribution in [3.63, 3.8) is 0 Å². The summed E-state index contributed by atoms with van der Waals surface area (Å²) in [5.41, 5.74) is 6.14. The van der Waals surface area contributed by atoms with Gasteiger partial charge in [0.25, 0.3) is 0 Å². The van der Waals surface area contributed by atoms with Gasteiger partial charge in [-0.15, -0.1) is 0 Å². The number of carboxylic acid groups (broad SMARTS) is 1. The van der Waals surface area contributed by atoms with Crippen LogP contribution in [0.15, 0.2) is 12.3 Å². The lowest BCUT2D eigenvalue weighted by Crippen LogP contribution is -2.22. The Morgan fingerprint density at radius 3 is 3.11 bits per heavy atom. The van der Waals surface area contributed by atoms with Crippen LogP contribution >= 0.6 is 0 Å².